The smallest absolute Gasteiger partial charge is 0.123 e. The molecule has 0 spiro atoms. The van der Waals surface area contributed by atoms with Crippen LogP contribution in [0.2, 0.25) is 0 Å². The van der Waals surface area contributed by atoms with Crippen molar-refractivity contribution >= 4 is 0 Å². The molecule has 3 heteroatoms. The Morgan fingerprint density at radius 1 is 1.47 bits per heavy atom. The summed E-state index contributed by atoms with van der Waals surface area (Å²) in [7, 11) is 0. The summed E-state index contributed by atoms with van der Waals surface area (Å²) in [6.45, 7) is 4.79. The first-order valence-corrected chi connectivity index (χ1v) is 6.13. The van der Waals surface area contributed by atoms with Gasteiger partial charge < -0.3 is 0 Å². The number of nitrogens with zero attached hydrogens (tertiary/aromatic N) is 2. The predicted molar refractivity (Wildman–Crippen MR) is 64.8 cm³/mol. The Kier molecular flexibility index (Phi) is 3.75. The first kappa shape index (κ1) is 12.1. The van der Waals surface area contributed by atoms with Crippen molar-refractivity contribution in [2.24, 2.45) is 5.92 Å². The van der Waals surface area contributed by atoms with Gasteiger partial charge in [0.15, 0.2) is 0 Å². The minimum Gasteiger partial charge on any atom is -0.299 e. The molecule has 0 aliphatic heterocycles. The summed E-state index contributed by atoms with van der Waals surface area (Å²) in [5.41, 5.74) is 1.38. The Labute approximate surface area is 102 Å². The van der Waals surface area contributed by atoms with Crippen molar-refractivity contribution in [1.29, 1.82) is 5.26 Å². The molecule has 0 aromatic heterocycles. The van der Waals surface area contributed by atoms with Crippen molar-refractivity contribution in [1.82, 2.24) is 4.90 Å². The minimum atomic E-state index is -0.263. The lowest BCUT2D eigenvalue weighted by Gasteiger charge is -2.20. The highest BCUT2D eigenvalue weighted by Crippen LogP contribution is 2.30. The Hall–Kier alpha value is -1.40. The molecule has 1 fully saturated rings. The normalized spacial score (nSPS) is 14.9. The molecular weight excluding hydrogens is 215 g/mol. The summed E-state index contributed by atoms with van der Waals surface area (Å²) in [6.07, 6.45) is 2.62. The predicted octanol–water partition coefficient (Wildman–Crippen LogP) is 2.93. The van der Waals surface area contributed by atoms with Crippen molar-refractivity contribution in [3.8, 4) is 6.07 Å². The molecule has 0 amide bonds. The van der Waals surface area contributed by atoms with Crippen molar-refractivity contribution in [3.63, 3.8) is 0 Å². The van der Waals surface area contributed by atoms with Gasteiger partial charge in [-0.15, -0.1) is 0 Å². The van der Waals surface area contributed by atoms with Crippen LogP contribution in [0.4, 0.5) is 4.39 Å². The van der Waals surface area contributed by atoms with E-state index in [-0.39, 0.29) is 5.82 Å². The molecule has 1 aromatic carbocycles. The number of halogens is 1. The monoisotopic (exact) mass is 232 g/mol. The van der Waals surface area contributed by atoms with Crippen LogP contribution in [0.25, 0.3) is 0 Å². The highest BCUT2D eigenvalue weighted by molar-refractivity contribution is 5.37. The third-order valence-corrected chi connectivity index (χ3v) is 3.24. The van der Waals surface area contributed by atoms with E-state index in [1.807, 2.05) is 0 Å². The molecule has 1 aliphatic rings. The fraction of sp³-hybridized carbons (Fsp3) is 0.500. The molecule has 2 nitrogen and oxygen atoms in total. The maximum absolute atomic E-state index is 13.2. The van der Waals surface area contributed by atoms with Crippen LogP contribution in [0.15, 0.2) is 18.2 Å². The molecule has 0 atom stereocenters. The fourth-order valence-electron chi connectivity index (χ4n) is 2.01. The number of benzene rings is 1. The second-order valence-corrected chi connectivity index (χ2v) is 4.68. The summed E-state index contributed by atoms with van der Waals surface area (Å²) >= 11 is 0. The van der Waals surface area contributed by atoms with Gasteiger partial charge in [-0.05, 0) is 49.1 Å². The van der Waals surface area contributed by atoms with Crippen LogP contribution in [0, 0.1) is 23.1 Å². The van der Waals surface area contributed by atoms with E-state index in [0.717, 1.165) is 24.6 Å². The standard InChI is InChI=1S/C14H17FN2/c1-2-17(9-11-3-4-11)10-13-7-14(15)6-5-12(13)8-16/h5-7,11H,2-4,9-10H2,1H3. The molecule has 17 heavy (non-hydrogen) atoms. The molecule has 0 unspecified atom stereocenters. The van der Waals surface area contributed by atoms with Crippen LogP contribution in [-0.4, -0.2) is 18.0 Å². The molecule has 1 aromatic rings. The van der Waals surface area contributed by atoms with E-state index < -0.39 is 0 Å². The topological polar surface area (TPSA) is 27.0 Å². The lowest BCUT2D eigenvalue weighted by atomic mass is 10.1. The van der Waals surface area contributed by atoms with E-state index in [1.165, 1.54) is 25.0 Å². The lowest BCUT2D eigenvalue weighted by Crippen LogP contribution is -2.25. The maximum atomic E-state index is 13.2. The zero-order valence-corrected chi connectivity index (χ0v) is 10.1. The van der Waals surface area contributed by atoms with Crippen molar-refractivity contribution in [2.75, 3.05) is 13.1 Å². The van der Waals surface area contributed by atoms with Gasteiger partial charge in [-0.2, -0.15) is 5.26 Å². The van der Waals surface area contributed by atoms with Gasteiger partial charge in [0.05, 0.1) is 11.6 Å². The van der Waals surface area contributed by atoms with Gasteiger partial charge in [0.2, 0.25) is 0 Å². The zero-order chi connectivity index (χ0) is 12.3. The molecular formula is C14H17FN2. The fourth-order valence-corrected chi connectivity index (χ4v) is 2.01. The summed E-state index contributed by atoms with van der Waals surface area (Å²) in [5.74, 6) is 0.551. The number of nitriles is 1. The molecule has 0 N–H and O–H groups in total. The third-order valence-electron chi connectivity index (χ3n) is 3.24. The molecule has 0 saturated heterocycles. The Morgan fingerprint density at radius 3 is 2.82 bits per heavy atom. The minimum absolute atomic E-state index is 0.263. The van der Waals surface area contributed by atoms with Crippen LogP contribution in [-0.2, 0) is 6.54 Å². The molecule has 0 heterocycles. The highest BCUT2D eigenvalue weighted by Gasteiger charge is 2.24. The molecule has 1 saturated carbocycles. The van der Waals surface area contributed by atoms with Gasteiger partial charge in [0, 0.05) is 13.1 Å². The summed E-state index contributed by atoms with van der Waals surface area (Å²) < 4.78 is 13.2. The van der Waals surface area contributed by atoms with Gasteiger partial charge in [0.25, 0.3) is 0 Å². The van der Waals surface area contributed by atoms with Gasteiger partial charge in [-0.3, -0.25) is 4.90 Å². The number of rotatable bonds is 5. The van der Waals surface area contributed by atoms with E-state index in [1.54, 1.807) is 6.07 Å². The van der Waals surface area contributed by atoms with Crippen LogP contribution in [0.3, 0.4) is 0 Å². The summed E-state index contributed by atoms with van der Waals surface area (Å²) in [6, 6.07) is 6.52. The van der Waals surface area contributed by atoms with Crippen LogP contribution in [0.5, 0.6) is 0 Å². The second-order valence-electron chi connectivity index (χ2n) is 4.68. The number of hydrogen-bond donors (Lipinski definition) is 0. The molecule has 0 bridgehead atoms. The van der Waals surface area contributed by atoms with E-state index >= 15 is 0 Å². The summed E-state index contributed by atoms with van der Waals surface area (Å²) in [4.78, 5) is 2.28. The Balaban J connectivity index is 2.09. The van der Waals surface area contributed by atoms with E-state index in [9.17, 15) is 4.39 Å². The van der Waals surface area contributed by atoms with E-state index in [4.69, 9.17) is 5.26 Å². The molecule has 90 valence electrons. The quantitative estimate of drug-likeness (QED) is 0.780. The first-order chi connectivity index (χ1) is 8.22. The molecule has 0 radical (unpaired) electrons. The average molecular weight is 232 g/mol. The Bertz CT molecular complexity index is 432. The van der Waals surface area contributed by atoms with Crippen molar-refractivity contribution in [2.45, 2.75) is 26.3 Å². The summed E-state index contributed by atoms with van der Waals surface area (Å²) in [5, 5.41) is 9.00. The lowest BCUT2D eigenvalue weighted by molar-refractivity contribution is 0.268. The largest absolute Gasteiger partial charge is 0.299 e. The third kappa shape index (κ3) is 3.28. The Morgan fingerprint density at radius 2 is 2.24 bits per heavy atom. The van der Waals surface area contributed by atoms with Gasteiger partial charge in [-0.25, -0.2) is 4.39 Å². The van der Waals surface area contributed by atoms with Gasteiger partial charge in [-0.1, -0.05) is 6.92 Å². The van der Waals surface area contributed by atoms with Gasteiger partial charge >= 0.3 is 0 Å². The first-order valence-electron chi connectivity index (χ1n) is 6.13. The molecule has 2 rings (SSSR count). The van der Waals surface area contributed by atoms with Crippen LogP contribution in [0.1, 0.15) is 30.9 Å². The van der Waals surface area contributed by atoms with Crippen LogP contribution < -0.4 is 0 Å². The SMILES string of the molecule is CCN(Cc1cc(F)ccc1C#N)CC1CC1. The second kappa shape index (κ2) is 5.29. The van der Waals surface area contributed by atoms with E-state index in [0.29, 0.717) is 12.1 Å². The zero-order valence-electron chi connectivity index (χ0n) is 10.1. The highest BCUT2D eigenvalue weighted by atomic mass is 19.1. The van der Waals surface area contributed by atoms with Crippen molar-refractivity contribution < 1.29 is 4.39 Å². The maximum Gasteiger partial charge on any atom is 0.123 e. The van der Waals surface area contributed by atoms with Crippen LogP contribution >= 0.6 is 0 Å². The van der Waals surface area contributed by atoms with Gasteiger partial charge in [0.1, 0.15) is 5.82 Å². The number of hydrogen-bond acceptors (Lipinski definition) is 2. The average Bonchev–Trinajstić information content (AvgIpc) is 3.12. The molecule has 1 aliphatic carbocycles. The van der Waals surface area contributed by atoms with Crippen molar-refractivity contribution in [3.05, 3.63) is 35.1 Å². The van der Waals surface area contributed by atoms with E-state index in [2.05, 4.69) is 17.9 Å².